The third-order valence-corrected chi connectivity index (χ3v) is 5.27. The van der Waals surface area contributed by atoms with Crippen molar-refractivity contribution in [3.05, 3.63) is 76.6 Å². The SMILES string of the molecule is Nc1ccc(Cc2cc3sc(N)nc3c(-c3cccc(Cl)c3)c2F)cc1. The van der Waals surface area contributed by atoms with Crippen LogP contribution in [0.25, 0.3) is 21.3 Å². The molecule has 0 radical (unpaired) electrons. The fourth-order valence-corrected chi connectivity index (χ4v) is 4.00. The molecular weight excluding hydrogens is 369 g/mol. The summed E-state index contributed by atoms with van der Waals surface area (Å²) < 4.78 is 16.3. The van der Waals surface area contributed by atoms with E-state index in [9.17, 15) is 0 Å². The Labute approximate surface area is 159 Å². The third kappa shape index (κ3) is 3.11. The number of thiazole rings is 1. The van der Waals surface area contributed by atoms with Crippen LogP contribution < -0.4 is 11.5 Å². The predicted octanol–water partition coefficient (Wildman–Crippen LogP) is 5.51. The molecule has 4 rings (SSSR count). The van der Waals surface area contributed by atoms with Crippen LogP contribution in [0.2, 0.25) is 5.02 Å². The van der Waals surface area contributed by atoms with Gasteiger partial charge in [0.1, 0.15) is 5.82 Å². The lowest BCUT2D eigenvalue weighted by Gasteiger charge is -2.11. The summed E-state index contributed by atoms with van der Waals surface area (Å²) in [5, 5.41) is 0.953. The topological polar surface area (TPSA) is 64.9 Å². The molecule has 0 bridgehead atoms. The van der Waals surface area contributed by atoms with Gasteiger partial charge in [0, 0.05) is 22.7 Å². The smallest absolute Gasteiger partial charge is 0.181 e. The van der Waals surface area contributed by atoms with Crippen LogP contribution in [-0.4, -0.2) is 4.98 Å². The first kappa shape index (κ1) is 16.8. The van der Waals surface area contributed by atoms with Crippen molar-refractivity contribution in [2.24, 2.45) is 0 Å². The maximum atomic E-state index is 15.5. The zero-order valence-corrected chi connectivity index (χ0v) is 15.2. The summed E-state index contributed by atoms with van der Waals surface area (Å²) in [5.41, 5.74) is 15.5. The number of hydrogen-bond acceptors (Lipinski definition) is 4. The zero-order chi connectivity index (χ0) is 18.3. The second-order valence-corrected chi connectivity index (χ2v) is 7.55. The molecule has 0 aliphatic heterocycles. The molecule has 0 amide bonds. The summed E-state index contributed by atoms with van der Waals surface area (Å²) in [6.07, 6.45) is 0.452. The van der Waals surface area contributed by atoms with Crippen molar-refractivity contribution < 1.29 is 4.39 Å². The molecule has 0 aliphatic rings. The molecule has 3 aromatic carbocycles. The predicted molar refractivity (Wildman–Crippen MR) is 108 cm³/mol. The molecule has 4 N–H and O–H groups in total. The molecule has 0 aliphatic carbocycles. The fraction of sp³-hybridized carbons (Fsp3) is 0.0500. The Hall–Kier alpha value is -2.63. The van der Waals surface area contributed by atoms with Crippen molar-refractivity contribution in [1.82, 2.24) is 4.98 Å². The minimum Gasteiger partial charge on any atom is -0.399 e. The van der Waals surface area contributed by atoms with E-state index < -0.39 is 0 Å². The van der Waals surface area contributed by atoms with Gasteiger partial charge in [-0.2, -0.15) is 0 Å². The first-order chi connectivity index (χ1) is 12.5. The average molecular weight is 384 g/mol. The van der Waals surface area contributed by atoms with Crippen molar-refractivity contribution in [3.8, 4) is 11.1 Å². The number of hydrogen-bond donors (Lipinski definition) is 2. The molecule has 0 spiro atoms. The van der Waals surface area contributed by atoms with E-state index in [2.05, 4.69) is 4.98 Å². The van der Waals surface area contributed by atoms with Crippen molar-refractivity contribution in [3.63, 3.8) is 0 Å². The highest BCUT2D eigenvalue weighted by Gasteiger charge is 2.19. The van der Waals surface area contributed by atoms with Gasteiger partial charge in [-0.3, -0.25) is 0 Å². The van der Waals surface area contributed by atoms with Crippen LogP contribution in [0, 0.1) is 5.82 Å². The summed E-state index contributed by atoms with van der Waals surface area (Å²) >= 11 is 7.46. The zero-order valence-electron chi connectivity index (χ0n) is 13.7. The van der Waals surface area contributed by atoms with E-state index >= 15 is 4.39 Å². The van der Waals surface area contributed by atoms with Gasteiger partial charge in [0.15, 0.2) is 5.13 Å². The monoisotopic (exact) mass is 383 g/mol. The maximum absolute atomic E-state index is 15.5. The van der Waals surface area contributed by atoms with Gasteiger partial charge in [0.05, 0.1) is 10.2 Å². The first-order valence-corrected chi connectivity index (χ1v) is 9.18. The number of nitrogens with two attached hydrogens (primary N) is 2. The lowest BCUT2D eigenvalue weighted by atomic mass is 9.97. The number of benzene rings is 3. The molecule has 4 aromatic rings. The highest BCUT2D eigenvalue weighted by molar-refractivity contribution is 7.22. The number of aromatic nitrogens is 1. The molecular formula is C20H15ClFN3S. The summed E-state index contributed by atoms with van der Waals surface area (Å²) in [6.45, 7) is 0. The number of halogens is 2. The Morgan fingerprint density at radius 2 is 1.81 bits per heavy atom. The first-order valence-electron chi connectivity index (χ1n) is 7.99. The molecule has 0 fully saturated rings. The summed E-state index contributed by atoms with van der Waals surface area (Å²) in [5.74, 6) is -0.304. The Bertz CT molecular complexity index is 1110. The van der Waals surface area contributed by atoms with Gasteiger partial charge >= 0.3 is 0 Å². The molecule has 0 saturated carbocycles. The Balaban J connectivity index is 1.91. The van der Waals surface area contributed by atoms with Crippen LogP contribution in [-0.2, 0) is 6.42 Å². The number of anilines is 2. The van der Waals surface area contributed by atoms with E-state index in [1.54, 1.807) is 18.2 Å². The van der Waals surface area contributed by atoms with Gasteiger partial charge < -0.3 is 11.5 Å². The van der Waals surface area contributed by atoms with Gasteiger partial charge in [-0.05, 0) is 47.0 Å². The quantitative estimate of drug-likeness (QED) is 0.458. The highest BCUT2D eigenvalue weighted by atomic mass is 35.5. The number of fused-ring (bicyclic) bond motifs is 1. The molecule has 1 heterocycles. The summed E-state index contributed by atoms with van der Waals surface area (Å²) in [6, 6.07) is 16.4. The van der Waals surface area contributed by atoms with Crippen molar-refractivity contribution >= 4 is 44.0 Å². The second-order valence-electron chi connectivity index (χ2n) is 6.05. The van der Waals surface area contributed by atoms with Crippen LogP contribution >= 0.6 is 22.9 Å². The summed E-state index contributed by atoms with van der Waals surface area (Å²) in [4.78, 5) is 4.34. The van der Waals surface area contributed by atoms with E-state index in [0.29, 0.717) is 44.5 Å². The maximum Gasteiger partial charge on any atom is 0.181 e. The van der Waals surface area contributed by atoms with E-state index in [4.69, 9.17) is 23.1 Å². The van der Waals surface area contributed by atoms with Crippen molar-refractivity contribution in [1.29, 1.82) is 0 Å². The Morgan fingerprint density at radius 3 is 2.54 bits per heavy atom. The lowest BCUT2D eigenvalue weighted by Crippen LogP contribution is -1.97. The average Bonchev–Trinajstić information content (AvgIpc) is 2.97. The second kappa shape index (κ2) is 6.59. The molecule has 26 heavy (non-hydrogen) atoms. The molecule has 0 atom stereocenters. The van der Waals surface area contributed by atoms with Crippen molar-refractivity contribution in [2.45, 2.75) is 6.42 Å². The standard InChI is InChI=1S/C20H15ClFN3S/c21-14-3-1-2-12(9-14)17-18(22)13(8-11-4-6-15(23)7-5-11)10-16-19(17)25-20(24)26-16/h1-7,9-10H,8,23H2,(H2,24,25). The van der Waals surface area contributed by atoms with E-state index in [1.807, 2.05) is 36.4 Å². The number of nitrogen functional groups attached to an aromatic ring is 2. The Kier molecular flexibility index (Phi) is 4.26. The number of rotatable bonds is 3. The summed E-state index contributed by atoms with van der Waals surface area (Å²) in [7, 11) is 0. The Morgan fingerprint density at radius 1 is 1.04 bits per heavy atom. The third-order valence-electron chi connectivity index (χ3n) is 4.20. The van der Waals surface area contributed by atoms with Crippen molar-refractivity contribution in [2.75, 3.05) is 11.5 Å². The molecule has 130 valence electrons. The largest absolute Gasteiger partial charge is 0.399 e. The fourth-order valence-electron chi connectivity index (χ4n) is 3.00. The highest BCUT2D eigenvalue weighted by Crippen LogP contribution is 2.38. The van der Waals surface area contributed by atoms with Crippen LogP contribution in [0.1, 0.15) is 11.1 Å². The van der Waals surface area contributed by atoms with Gasteiger partial charge in [0.25, 0.3) is 0 Å². The van der Waals surface area contributed by atoms with Crippen LogP contribution in [0.15, 0.2) is 54.6 Å². The lowest BCUT2D eigenvalue weighted by molar-refractivity contribution is 0.619. The van der Waals surface area contributed by atoms with E-state index in [1.165, 1.54) is 11.3 Å². The molecule has 6 heteroatoms. The normalized spacial score (nSPS) is 11.2. The molecule has 3 nitrogen and oxygen atoms in total. The van der Waals surface area contributed by atoms with E-state index in [0.717, 1.165) is 10.3 Å². The van der Waals surface area contributed by atoms with Gasteiger partial charge in [-0.25, -0.2) is 9.37 Å². The minimum absolute atomic E-state index is 0.304. The van der Waals surface area contributed by atoms with Gasteiger partial charge in [-0.1, -0.05) is 47.2 Å². The minimum atomic E-state index is -0.304. The molecule has 1 aromatic heterocycles. The molecule has 0 saturated heterocycles. The van der Waals surface area contributed by atoms with Crippen LogP contribution in [0.5, 0.6) is 0 Å². The van der Waals surface area contributed by atoms with Crippen LogP contribution in [0.4, 0.5) is 15.2 Å². The molecule has 0 unspecified atom stereocenters. The van der Waals surface area contributed by atoms with Gasteiger partial charge in [0.2, 0.25) is 0 Å². The number of nitrogens with zero attached hydrogens (tertiary/aromatic N) is 1. The van der Waals surface area contributed by atoms with E-state index in [-0.39, 0.29) is 5.82 Å². The van der Waals surface area contributed by atoms with Crippen LogP contribution in [0.3, 0.4) is 0 Å². The van der Waals surface area contributed by atoms with Gasteiger partial charge in [-0.15, -0.1) is 0 Å².